The van der Waals surface area contributed by atoms with Crippen molar-refractivity contribution in [3.8, 4) is 0 Å². The first-order valence-corrected chi connectivity index (χ1v) is 4.52. The van der Waals surface area contributed by atoms with Gasteiger partial charge < -0.3 is 5.73 Å². The number of rotatable bonds is 3. The van der Waals surface area contributed by atoms with Crippen LogP contribution in [0.4, 0.5) is 11.5 Å². The monoisotopic (exact) mass is 219 g/mol. The molecule has 0 radical (unpaired) electrons. The summed E-state index contributed by atoms with van der Waals surface area (Å²) in [4.78, 5) is 13.8. The number of nitrogens with two attached hydrogens (primary N) is 1. The molecule has 2 heterocycles. The molecule has 16 heavy (non-hydrogen) atoms. The van der Waals surface area contributed by atoms with Crippen molar-refractivity contribution in [3.63, 3.8) is 0 Å². The van der Waals surface area contributed by atoms with E-state index in [1.54, 1.807) is 18.3 Å². The van der Waals surface area contributed by atoms with Crippen LogP contribution in [0.5, 0.6) is 0 Å². The highest BCUT2D eigenvalue weighted by molar-refractivity contribution is 5.32. The third-order valence-corrected chi connectivity index (χ3v) is 2.02. The minimum Gasteiger partial charge on any atom is -0.384 e. The highest BCUT2D eigenvalue weighted by Gasteiger charge is 2.08. The molecule has 7 heteroatoms. The SMILES string of the molecule is Nc1cc(Cn2cc([N+](=O)[O-])cn2)ccn1. The van der Waals surface area contributed by atoms with Crippen molar-refractivity contribution in [2.45, 2.75) is 6.54 Å². The maximum Gasteiger partial charge on any atom is 0.307 e. The van der Waals surface area contributed by atoms with Crippen LogP contribution in [-0.4, -0.2) is 19.7 Å². The highest BCUT2D eigenvalue weighted by atomic mass is 16.6. The molecule has 2 rings (SSSR count). The molecule has 0 aliphatic rings. The molecular weight excluding hydrogens is 210 g/mol. The Morgan fingerprint density at radius 3 is 3.00 bits per heavy atom. The lowest BCUT2D eigenvalue weighted by atomic mass is 10.2. The van der Waals surface area contributed by atoms with Gasteiger partial charge in [-0.2, -0.15) is 5.10 Å². The number of nitrogen functional groups attached to an aromatic ring is 1. The maximum absolute atomic E-state index is 10.4. The summed E-state index contributed by atoms with van der Waals surface area (Å²) in [5, 5.41) is 14.3. The van der Waals surface area contributed by atoms with Gasteiger partial charge in [-0.05, 0) is 17.7 Å². The lowest BCUT2D eigenvalue weighted by Crippen LogP contribution is -2.01. The van der Waals surface area contributed by atoms with Gasteiger partial charge in [0.15, 0.2) is 0 Å². The molecule has 0 aliphatic heterocycles. The van der Waals surface area contributed by atoms with Crippen LogP contribution in [0.2, 0.25) is 0 Å². The second-order valence-corrected chi connectivity index (χ2v) is 3.24. The quantitative estimate of drug-likeness (QED) is 0.608. The molecule has 0 aromatic carbocycles. The first kappa shape index (κ1) is 10.1. The van der Waals surface area contributed by atoms with Gasteiger partial charge in [-0.25, -0.2) is 4.98 Å². The molecule has 0 saturated heterocycles. The summed E-state index contributed by atoms with van der Waals surface area (Å²) in [5.41, 5.74) is 6.38. The predicted octanol–water partition coefficient (Wildman–Crippen LogP) is 0.817. The van der Waals surface area contributed by atoms with E-state index in [9.17, 15) is 10.1 Å². The molecule has 0 amide bonds. The zero-order valence-corrected chi connectivity index (χ0v) is 8.28. The minimum absolute atomic E-state index is 0.0259. The van der Waals surface area contributed by atoms with Crippen LogP contribution >= 0.6 is 0 Å². The molecule has 82 valence electrons. The third-order valence-electron chi connectivity index (χ3n) is 2.02. The first-order chi connectivity index (χ1) is 7.65. The summed E-state index contributed by atoms with van der Waals surface area (Å²) < 4.78 is 1.48. The van der Waals surface area contributed by atoms with Gasteiger partial charge in [0.05, 0.1) is 11.5 Å². The van der Waals surface area contributed by atoms with Crippen molar-refractivity contribution in [2.75, 3.05) is 5.73 Å². The van der Waals surface area contributed by atoms with E-state index in [0.29, 0.717) is 12.4 Å². The molecular formula is C9H9N5O2. The molecule has 0 fully saturated rings. The molecule has 7 nitrogen and oxygen atoms in total. The Kier molecular flexibility index (Phi) is 2.50. The highest BCUT2D eigenvalue weighted by Crippen LogP contribution is 2.10. The van der Waals surface area contributed by atoms with Gasteiger partial charge in [-0.1, -0.05) is 0 Å². The number of nitro groups is 1. The van der Waals surface area contributed by atoms with Crippen LogP contribution < -0.4 is 5.73 Å². The molecule has 0 unspecified atom stereocenters. The molecule has 2 aromatic rings. The fourth-order valence-electron chi connectivity index (χ4n) is 1.31. The lowest BCUT2D eigenvalue weighted by Gasteiger charge is -2.01. The zero-order valence-electron chi connectivity index (χ0n) is 8.28. The van der Waals surface area contributed by atoms with E-state index < -0.39 is 4.92 Å². The Balaban J connectivity index is 2.17. The average Bonchev–Trinajstić information content (AvgIpc) is 2.66. The fraction of sp³-hybridized carbons (Fsp3) is 0.111. The van der Waals surface area contributed by atoms with Gasteiger partial charge in [0.25, 0.3) is 0 Å². The van der Waals surface area contributed by atoms with Gasteiger partial charge >= 0.3 is 5.69 Å². The maximum atomic E-state index is 10.4. The van der Waals surface area contributed by atoms with Crippen molar-refractivity contribution in [3.05, 3.63) is 46.4 Å². The normalized spacial score (nSPS) is 10.2. The number of hydrogen-bond donors (Lipinski definition) is 1. The van der Waals surface area contributed by atoms with Gasteiger partial charge in [-0.15, -0.1) is 0 Å². The fourth-order valence-corrected chi connectivity index (χ4v) is 1.31. The Hall–Kier alpha value is -2.44. The van der Waals surface area contributed by atoms with E-state index in [1.807, 2.05) is 0 Å². The smallest absolute Gasteiger partial charge is 0.307 e. The van der Waals surface area contributed by atoms with Crippen molar-refractivity contribution in [2.24, 2.45) is 0 Å². The number of aromatic nitrogens is 3. The minimum atomic E-state index is -0.482. The van der Waals surface area contributed by atoms with Gasteiger partial charge in [0.2, 0.25) is 0 Å². The standard InChI is InChI=1S/C9H9N5O2/c10-9-3-7(1-2-11-9)5-13-6-8(4-12-13)14(15)16/h1-4,6H,5H2,(H2,10,11). The van der Waals surface area contributed by atoms with Crippen LogP contribution in [0, 0.1) is 10.1 Å². The zero-order chi connectivity index (χ0) is 11.5. The van der Waals surface area contributed by atoms with Crippen LogP contribution in [-0.2, 0) is 6.54 Å². The van der Waals surface area contributed by atoms with Gasteiger partial charge in [-0.3, -0.25) is 14.8 Å². The first-order valence-electron chi connectivity index (χ1n) is 4.52. The molecule has 0 saturated carbocycles. The van der Waals surface area contributed by atoms with E-state index in [4.69, 9.17) is 5.73 Å². The van der Waals surface area contributed by atoms with E-state index >= 15 is 0 Å². The Morgan fingerprint density at radius 1 is 1.56 bits per heavy atom. The van der Waals surface area contributed by atoms with E-state index in [0.717, 1.165) is 5.56 Å². The molecule has 0 spiro atoms. The topological polar surface area (TPSA) is 99.9 Å². The van der Waals surface area contributed by atoms with Crippen molar-refractivity contribution in [1.29, 1.82) is 0 Å². The third kappa shape index (κ3) is 2.14. The summed E-state index contributed by atoms with van der Waals surface area (Å²) in [6.07, 6.45) is 4.17. The second-order valence-electron chi connectivity index (χ2n) is 3.24. The van der Waals surface area contributed by atoms with Crippen molar-refractivity contribution < 1.29 is 4.92 Å². The lowest BCUT2D eigenvalue weighted by molar-refractivity contribution is -0.385. The molecule has 2 N–H and O–H groups in total. The average molecular weight is 219 g/mol. The molecule has 0 atom stereocenters. The van der Waals surface area contributed by atoms with Crippen LogP contribution in [0.3, 0.4) is 0 Å². The van der Waals surface area contributed by atoms with E-state index in [-0.39, 0.29) is 5.69 Å². The second kappa shape index (κ2) is 3.97. The summed E-state index contributed by atoms with van der Waals surface area (Å²) in [6, 6.07) is 3.48. The Morgan fingerprint density at radius 2 is 2.38 bits per heavy atom. The van der Waals surface area contributed by atoms with Crippen molar-refractivity contribution in [1.82, 2.24) is 14.8 Å². The Bertz CT molecular complexity index is 522. The van der Waals surface area contributed by atoms with Gasteiger partial charge in [0.1, 0.15) is 18.2 Å². The largest absolute Gasteiger partial charge is 0.384 e. The molecule has 0 bridgehead atoms. The Labute approximate surface area is 90.7 Å². The molecule has 2 aromatic heterocycles. The van der Waals surface area contributed by atoms with E-state index in [2.05, 4.69) is 10.1 Å². The number of hydrogen-bond acceptors (Lipinski definition) is 5. The summed E-state index contributed by atoms with van der Waals surface area (Å²) in [6.45, 7) is 0.431. The van der Waals surface area contributed by atoms with Crippen LogP contribution in [0.1, 0.15) is 5.56 Å². The predicted molar refractivity (Wildman–Crippen MR) is 56.6 cm³/mol. The summed E-state index contributed by atoms with van der Waals surface area (Å²) in [7, 11) is 0. The number of anilines is 1. The summed E-state index contributed by atoms with van der Waals surface area (Å²) in [5.74, 6) is 0.416. The summed E-state index contributed by atoms with van der Waals surface area (Å²) >= 11 is 0. The molecule has 0 aliphatic carbocycles. The number of nitrogens with zero attached hydrogens (tertiary/aromatic N) is 4. The van der Waals surface area contributed by atoms with Crippen LogP contribution in [0.25, 0.3) is 0 Å². The van der Waals surface area contributed by atoms with Crippen molar-refractivity contribution >= 4 is 11.5 Å². The van der Waals surface area contributed by atoms with Gasteiger partial charge in [0, 0.05) is 6.20 Å². The van der Waals surface area contributed by atoms with Crippen LogP contribution in [0.15, 0.2) is 30.7 Å². The number of pyridine rings is 1. The van der Waals surface area contributed by atoms with E-state index in [1.165, 1.54) is 17.1 Å².